The van der Waals surface area contributed by atoms with E-state index in [1.807, 2.05) is 30.3 Å². The normalized spacial score (nSPS) is 10.1. The van der Waals surface area contributed by atoms with Crippen LogP contribution >= 0.6 is 0 Å². The third kappa shape index (κ3) is 3.82. The van der Waals surface area contributed by atoms with Crippen molar-refractivity contribution in [2.75, 3.05) is 6.61 Å². The molecule has 0 aromatic heterocycles. The lowest BCUT2D eigenvalue weighted by molar-refractivity contribution is 0.0651. The molecule has 0 saturated carbocycles. The fourth-order valence-electron chi connectivity index (χ4n) is 1.91. The van der Waals surface area contributed by atoms with Crippen molar-refractivity contribution in [3.63, 3.8) is 0 Å². The first kappa shape index (κ1) is 14.6. The van der Waals surface area contributed by atoms with Crippen molar-refractivity contribution < 1.29 is 24.5 Å². The van der Waals surface area contributed by atoms with Gasteiger partial charge in [0.1, 0.15) is 5.75 Å². The molecule has 5 nitrogen and oxygen atoms in total. The zero-order valence-corrected chi connectivity index (χ0v) is 11.2. The molecule has 2 aromatic rings. The van der Waals surface area contributed by atoms with Crippen LogP contribution in [0.5, 0.6) is 5.75 Å². The van der Waals surface area contributed by atoms with Crippen LogP contribution in [0.15, 0.2) is 48.5 Å². The van der Waals surface area contributed by atoms with Gasteiger partial charge in [-0.25, -0.2) is 9.59 Å². The minimum atomic E-state index is -1.29. The molecule has 0 fully saturated rings. The highest BCUT2D eigenvalue weighted by molar-refractivity contribution is 6.01. The van der Waals surface area contributed by atoms with E-state index < -0.39 is 11.9 Å². The Morgan fingerprint density at radius 2 is 1.57 bits per heavy atom. The number of aromatic carboxylic acids is 2. The van der Waals surface area contributed by atoms with Gasteiger partial charge in [0.2, 0.25) is 0 Å². The van der Waals surface area contributed by atoms with Crippen molar-refractivity contribution in [3.8, 4) is 5.75 Å². The molecule has 0 bridgehead atoms. The first-order valence-corrected chi connectivity index (χ1v) is 6.35. The topological polar surface area (TPSA) is 83.8 Å². The average molecular weight is 286 g/mol. The van der Waals surface area contributed by atoms with Crippen molar-refractivity contribution in [2.45, 2.75) is 6.42 Å². The number of hydrogen-bond donors (Lipinski definition) is 2. The van der Waals surface area contributed by atoms with Crippen LogP contribution in [-0.4, -0.2) is 28.8 Å². The molecule has 0 aliphatic carbocycles. The molecule has 108 valence electrons. The van der Waals surface area contributed by atoms with E-state index in [1.54, 1.807) is 0 Å². The number of carboxylic acid groups (broad SMARTS) is 2. The Morgan fingerprint density at radius 1 is 0.905 bits per heavy atom. The molecule has 0 atom stereocenters. The fourth-order valence-corrected chi connectivity index (χ4v) is 1.91. The van der Waals surface area contributed by atoms with E-state index in [-0.39, 0.29) is 11.1 Å². The third-order valence-corrected chi connectivity index (χ3v) is 2.95. The summed E-state index contributed by atoms with van der Waals surface area (Å²) in [5, 5.41) is 17.9. The Kier molecular flexibility index (Phi) is 4.56. The van der Waals surface area contributed by atoms with Crippen molar-refractivity contribution >= 4 is 11.9 Å². The molecule has 0 saturated heterocycles. The number of carbonyl (C=O) groups is 2. The van der Waals surface area contributed by atoms with Gasteiger partial charge in [0.05, 0.1) is 17.7 Å². The Balaban J connectivity index is 2.05. The van der Waals surface area contributed by atoms with E-state index in [0.29, 0.717) is 18.8 Å². The zero-order chi connectivity index (χ0) is 15.2. The predicted molar refractivity (Wildman–Crippen MR) is 76.0 cm³/mol. The lowest BCUT2D eigenvalue weighted by Gasteiger charge is -2.08. The molecule has 2 N–H and O–H groups in total. The molecule has 0 spiro atoms. The number of hydrogen-bond acceptors (Lipinski definition) is 3. The maximum atomic E-state index is 11.1. The number of benzene rings is 2. The fraction of sp³-hybridized carbons (Fsp3) is 0.125. The first-order chi connectivity index (χ1) is 10.1. The van der Waals surface area contributed by atoms with Crippen LogP contribution in [0.4, 0.5) is 0 Å². The SMILES string of the molecule is O=C(O)c1ccc(OCCc2ccccc2)cc1C(=O)O. The highest BCUT2D eigenvalue weighted by Gasteiger charge is 2.16. The summed E-state index contributed by atoms with van der Waals surface area (Å²) >= 11 is 0. The van der Waals surface area contributed by atoms with E-state index in [2.05, 4.69) is 0 Å². The van der Waals surface area contributed by atoms with Crippen LogP contribution in [0.1, 0.15) is 26.3 Å². The van der Waals surface area contributed by atoms with Crippen molar-refractivity contribution in [3.05, 3.63) is 65.2 Å². The Morgan fingerprint density at radius 3 is 2.19 bits per heavy atom. The zero-order valence-electron chi connectivity index (χ0n) is 11.2. The molecule has 0 aliphatic rings. The van der Waals surface area contributed by atoms with Crippen molar-refractivity contribution in [2.24, 2.45) is 0 Å². The van der Waals surface area contributed by atoms with Gasteiger partial charge in [-0.15, -0.1) is 0 Å². The maximum Gasteiger partial charge on any atom is 0.336 e. The molecule has 0 amide bonds. The second-order valence-electron chi connectivity index (χ2n) is 4.40. The molecular weight excluding hydrogens is 272 g/mol. The second-order valence-corrected chi connectivity index (χ2v) is 4.40. The highest BCUT2D eigenvalue weighted by atomic mass is 16.5. The van der Waals surface area contributed by atoms with Gasteiger partial charge >= 0.3 is 11.9 Å². The van der Waals surface area contributed by atoms with E-state index in [4.69, 9.17) is 14.9 Å². The smallest absolute Gasteiger partial charge is 0.336 e. The van der Waals surface area contributed by atoms with Gasteiger partial charge < -0.3 is 14.9 Å². The summed E-state index contributed by atoms with van der Waals surface area (Å²) in [6.07, 6.45) is 0.684. The van der Waals surface area contributed by atoms with E-state index in [0.717, 1.165) is 5.56 Å². The number of rotatable bonds is 6. The number of carboxylic acids is 2. The van der Waals surface area contributed by atoms with Gasteiger partial charge in [-0.2, -0.15) is 0 Å². The van der Waals surface area contributed by atoms with Crippen LogP contribution < -0.4 is 4.74 Å². The molecule has 0 unspecified atom stereocenters. The van der Waals surface area contributed by atoms with E-state index in [1.165, 1.54) is 18.2 Å². The molecule has 2 aromatic carbocycles. The molecular formula is C16H14O5. The van der Waals surface area contributed by atoms with Gasteiger partial charge in [-0.1, -0.05) is 30.3 Å². The second kappa shape index (κ2) is 6.56. The average Bonchev–Trinajstić information content (AvgIpc) is 2.48. The Bertz CT molecular complexity index is 649. The summed E-state index contributed by atoms with van der Waals surface area (Å²) in [5.74, 6) is -2.22. The monoisotopic (exact) mass is 286 g/mol. The maximum absolute atomic E-state index is 11.1. The number of ether oxygens (including phenoxy) is 1. The molecule has 0 heterocycles. The van der Waals surface area contributed by atoms with Crippen LogP contribution in [0.25, 0.3) is 0 Å². The van der Waals surface area contributed by atoms with E-state index >= 15 is 0 Å². The predicted octanol–water partition coefficient (Wildman–Crippen LogP) is 2.70. The van der Waals surface area contributed by atoms with Crippen molar-refractivity contribution in [1.82, 2.24) is 0 Å². The molecule has 5 heteroatoms. The Labute approximate surface area is 121 Å². The first-order valence-electron chi connectivity index (χ1n) is 6.35. The molecule has 21 heavy (non-hydrogen) atoms. The van der Waals surface area contributed by atoms with Gasteiger partial charge in [0, 0.05) is 6.42 Å². The molecule has 2 rings (SSSR count). The summed E-state index contributed by atoms with van der Waals surface area (Å²) < 4.78 is 5.48. The van der Waals surface area contributed by atoms with Gasteiger partial charge in [0.25, 0.3) is 0 Å². The Hall–Kier alpha value is -2.82. The van der Waals surface area contributed by atoms with Crippen LogP contribution in [-0.2, 0) is 6.42 Å². The molecule has 0 radical (unpaired) electrons. The van der Waals surface area contributed by atoms with Crippen LogP contribution in [0.2, 0.25) is 0 Å². The minimum absolute atomic E-state index is 0.252. The standard InChI is InChI=1S/C16H14O5/c17-15(18)13-7-6-12(10-14(13)16(19)20)21-9-8-11-4-2-1-3-5-11/h1-7,10H,8-9H2,(H,17,18)(H,19,20). The van der Waals surface area contributed by atoms with Crippen molar-refractivity contribution in [1.29, 1.82) is 0 Å². The summed E-state index contributed by atoms with van der Waals surface area (Å²) in [7, 11) is 0. The molecule has 0 aliphatic heterocycles. The van der Waals surface area contributed by atoms with Crippen LogP contribution in [0, 0.1) is 0 Å². The largest absolute Gasteiger partial charge is 0.493 e. The lowest BCUT2D eigenvalue weighted by atomic mass is 10.1. The highest BCUT2D eigenvalue weighted by Crippen LogP contribution is 2.18. The minimum Gasteiger partial charge on any atom is -0.493 e. The summed E-state index contributed by atoms with van der Waals surface area (Å²) in [6, 6.07) is 13.7. The third-order valence-electron chi connectivity index (χ3n) is 2.95. The summed E-state index contributed by atoms with van der Waals surface area (Å²) in [6.45, 7) is 0.384. The van der Waals surface area contributed by atoms with Crippen LogP contribution in [0.3, 0.4) is 0 Å². The quantitative estimate of drug-likeness (QED) is 0.853. The van der Waals surface area contributed by atoms with Gasteiger partial charge in [-0.05, 0) is 23.8 Å². The lowest BCUT2D eigenvalue weighted by Crippen LogP contribution is -2.09. The summed E-state index contributed by atoms with van der Waals surface area (Å²) in [5.41, 5.74) is 0.579. The van der Waals surface area contributed by atoms with Gasteiger partial charge in [0.15, 0.2) is 0 Å². The summed E-state index contributed by atoms with van der Waals surface area (Å²) in [4.78, 5) is 22.0. The van der Waals surface area contributed by atoms with Gasteiger partial charge in [-0.3, -0.25) is 0 Å². The van der Waals surface area contributed by atoms with E-state index in [9.17, 15) is 9.59 Å².